The van der Waals surface area contributed by atoms with Crippen LogP contribution in [0, 0.1) is 11.7 Å². The smallest absolute Gasteiger partial charge is 0.223 e. The first-order chi connectivity index (χ1) is 8.20. The molecule has 1 atom stereocenters. The Morgan fingerprint density at radius 3 is 3.00 bits per heavy atom. The molecule has 1 N–H and O–H groups in total. The van der Waals surface area contributed by atoms with Gasteiger partial charge in [-0.05, 0) is 30.9 Å². The molecule has 0 spiro atoms. The molecule has 1 aromatic rings. The topological polar surface area (TPSA) is 38.3 Å². The third kappa shape index (κ3) is 2.75. The van der Waals surface area contributed by atoms with E-state index in [4.69, 9.17) is 4.74 Å². The molecule has 1 heterocycles. The van der Waals surface area contributed by atoms with E-state index in [-0.39, 0.29) is 17.6 Å². The highest BCUT2D eigenvalue weighted by molar-refractivity contribution is 5.79. The number of carbonyl (C=O) groups excluding carboxylic acids is 1. The molecule has 1 fully saturated rings. The molecule has 0 aromatic heterocycles. The van der Waals surface area contributed by atoms with Crippen LogP contribution in [0.5, 0.6) is 5.75 Å². The molecule has 17 heavy (non-hydrogen) atoms. The first kappa shape index (κ1) is 11.9. The van der Waals surface area contributed by atoms with Crippen molar-refractivity contribution in [3.8, 4) is 5.75 Å². The Balaban J connectivity index is 2.10. The van der Waals surface area contributed by atoms with Crippen LogP contribution < -0.4 is 10.1 Å². The number of hydrogen-bond donors (Lipinski definition) is 1. The van der Waals surface area contributed by atoms with Gasteiger partial charge in [0.2, 0.25) is 5.91 Å². The van der Waals surface area contributed by atoms with Crippen LogP contribution in [-0.2, 0) is 11.2 Å². The number of methoxy groups -OCH3 is 1. The van der Waals surface area contributed by atoms with Gasteiger partial charge in [-0.2, -0.15) is 0 Å². The summed E-state index contributed by atoms with van der Waals surface area (Å²) in [6, 6.07) is 4.77. The normalized spacial score (nSPS) is 19.9. The van der Waals surface area contributed by atoms with E-state index in [9.17, 15) is 9.18 Å². The van der Waals surface area contributed by atoms with Gasteiger partial charge in [-0.25, -0.2) is 4.39 Å². The van der Waals surface area contributed by atoms with Crippen LogP contribution in [0.2, 0.25) is 0 Å². The van der Waals surface area contributed by atoms with E-state index in [1.807, 2.05) is 0 Å². The Labute approximate surface area is 100.0 Å². The number of carbonyl (C=O) groups is 1. The maximum atomic E-state index is 13.7. The lowest BCUT2D eigenvalue weighted by Gasteiger charge is -2.21. The predicted molar refractivity (Wildman–Crippen MR) is 62.4 cm³/mol. The van der Waals surface area contributed by atoms with Gasteiger partial charge in [0.15, 0.2) is 0 Å². The summed E-state index contributed by atoms with van der Waals surface area (Å²) in [6.07, 6.45) is 2.26. The second-order valence-corrected chi connectivity index (χ2v) is 4.29. The van der Waals surface area contributed by atoms with Crippen LogP contribution >= 0.6 is 0 Å². The summed E-state index contributed by atoms with van der Waals surface area (Å²) < 4.78 is 18.6. The van der Waals surface area contributed by atoms with Crippen molar-refractivity contribution < 1.29 is 13.9 Å². The van der Waals surface area contributed by atoms with Gasteiger partial charge in [0, 0.05) is 18.5 Å². The second-order valence-electron chi connectivity index (χ2n) is 4.29. The van der Waals surface area contributed by atoms with Crippen molar-refractivity contribution in [2.24, 2.45) is 5.92 Å². The average Bonchev–Trinajstić information content (AvgIpc) is 2.34. The number of benzene rings is 1. The number of amides is 1. The Hall–Kier alpha value is -1.58. The monoisotopic (exact) mass is 237 g/mol. The standard InChI is InChI=1S/C13H16FNO2/c1-17-11-5-4-9(12(14)8-11)7-10-3-2-6-15-13(10)16/h4-5,8,10H,2-3,6-7H2,1H3,(H,15,16). The molecule has 4 heteroatoms. The van der Waals surface area contributed by atoms with Gasteiger partial charge in [-0.3, -0.25) is 4.79 Å². The SMILES string of the molecule is COc1ccc(CC2CCCNC2=O)c(F)c1. The van der Waals surface area contributed by atoms with Gasteiger partial charge >= 0.3 is 0 Å². The fraction of sp³-hybridized carbons (Fsp3) is 0.462. The van der Waals surface area contributed by atoms with Gasteiger partial charge in [-0.15, -0.1) is 0 Å². The second kappa shape index (κ2) is 5.17. The lowest BCUT2D eigenvalue weighted by Crippen LogP contribution is -2.37. The summed E-state index contributed by atoms with van der Waals surface area (Å²) in [5.41, 5.74) is 0.577. The Morgan fingerprint density at radius 2 is 2.35 bits per heavy atom. The van der Waals surface area contributed by atoms with Crippen molar-refractivity contribution in [1.29, 1.82) is 0 Å². The third-order valence-electron chi connectivity index (χ3n) is 3.13. The zero-order valence-corrected chi connectivity index (χ0v) is 9.83. The molecule has 1 aliphatic heterocycles. The molecular formula is C13H16FNO2. The zero-order chi connectivity index (χ0) is 12.3. The molecule has 1 unspecified atom stereocenters. The highest BCUT2D eigenvalue weighted by Crippen LogP contribution is 2.22. The Kier molecular flexibility index (Phi) is 3.61. The Bertz CT molecular complexity index is 420. The molecular weight excluding hydrogens is 221 g/mol. The summed E-state index contributed by atoms with van der Waals surface area (Å²) in [4.78, 5) is 11.6. The van der Waals surface area contributed by atoms with E-state index in [0.717, 1.165) is 19.4 Å². The molecule has 92 valence electrons. The number of hydrogen-bond acceptors (Lipinski definition) is 2. The van der Waals surface area contributed by atoms with Crippen molar-refractivity contribution in [3.05, 3.63) is 29.6 Å². The van der Waals surface area contributed by atoms with Gasteiger partial charge in [-0.1, -0.05) is 6.07 Å². The predicted octanol–water partition coefficient (Wildman–Crippen LogP) is 1.90. The Morgan fingerprint density at radius 1 is 1.53 bits per heavy atom. The fourth-order valence-corrected chi connectivity index (χ4v) is 2.12. The maximum absolute atomic E-state index is 13.7. The van der Waals surface area contributed by atoms with E-state index in [1.54, 1.807) is 12.1 Å². The minimum absolute atomic E-state index is 0.0338. The quantitative estimate of drug-likeness (QED) is 0.872. The van der Waals surface area contributed by atoms with Gasteiger partial charge in [0.1, 0.15) is 11.6 Å². The fourth-order valence-electron chi connectivity index (χ4n) is 2.12. The van der Waals surface area contributed by atoms with Crippen LogP contribution in [0.15, 0.2) is 18.2 Å². The minimum atomic E-state index is -0.303. The van der Waals surface area contributed by atoms with Crippen LogP contribution in [0.1, 0.15) is 18.4 Å². The van der Waals surface area contributed by atoms with E-state index >= 15 is 0 Å². The highest BCUT2D eigenvalue weighted by Gasteiger charge is 2.23. The number of ether oxygens (including phenoxy) is 1. The number of rotatable bonds is 3. The minimum Gasteiger partial charge on any atom is -0.497 e. The molecule has 0 bridgehead atoms. The van der Waals surface area contributed by atoms with Crippen LogP contribution in [0.3, 0.4) is 0 Å². The first-order valence-electron chi connectivity index (χ1n) is 5.81. The van der Waals surface area contributed by atoms with Crippen molar-refractivity contribution in [3.63, 3.8) is 0 Å². The van der Waals surface area contributed by atoms with E-state index in [2.05, 4.69) is 5.32 Å². The van der Waals surface area contributed by atoms with Crippen molar-refractivity contribution in [2.75, 3.05) is 13.7 Å². The van der Waals surface area contributed by atoms with Crippen molar-refractivity contribution in [2.45, 2.75) is 19.3 Å². The molecule has 1 saturated heterocycles. The van der Waals surface area contributed by atoms with Crippen LogP contribution in [0.25, 0.3) is 0 Å². The molecule has 0 saturated carbocycles. The lowest BCUT2D eigenvalue weighted by molar-refractivity contribution is -0.126. The summed E-state index contributed by atoms with van der Waals surface area (Å²) in [6.45, 7) is 0.737. The maximum Gasteiger partial charge on any atom is 0.223 e. The summed E-state index contributed by atoms with van der Waals surface area (Å²) in [5, 5.41) is 2.81. The molecule has 1 aromatic carbocycles. The van der Waals surface area contributed by atoms with Gasteiger partial charge in [0.05, 0.1) is 7.11 Å². The van der Waals surface area contributed by atoms with E-state index in [0.29, 0.717) is 17.7 Å². The zero-order valence-electron chi connectivity index (χ0n) is 9.83. The van der Waals surface area contributed by atoms with Crippen molar-refractivity contribution >= 4 is 5.91 Å². The summed E-state index contributed by atoms with van der Waals surface area (Å²) >= 11 is 0. The van der Waals surface area contributed by atoms with Crippen LogP contribution in [-0.4, -0.2) is 19.6 Å². The van der Waals surface area contributed by atoms with Crippen molar-refractivity contribution in [1.82, 2.24) is 5.32 Å². The highest BCUT2D eigenvalue weighted by atomic mass is 19.1. The van der Waals surface area contributed by atoms with E-state index < -0.39 is 0 Å². The largest absolute Gasteiger partial charge is 0.497 e. The third-order valence-corrected chi connectivity index (χ3v) is 3.13. The van der Waals surface area contributed by atoms with Gasteiger partial charge < -0.3 is 10.1 Å². The average molecular weight is 237 g/mol. The molecule has 1 aliphatic rings. The first-order valence-corrected chi connectivity index (χ1v) is 5.81. The lowest BCUT2D eigenvalue weighted by atomic mass is 9.91. The number of halogens is 1. The molecule has 3 nitrogen and oxygen atoms in total. The summed E-state index contributed by atoms with van der Waals surface area (Å²) in [7, 11) is 1.50. The number of piperidine rings is 1. The molecule has 1 amide bonds. The number of nitrogens with one attached hydrogen (secondary N) is 1. The molecule has 0 radical (unpaired) electrons. The molecule has 2 rings (SSSR count). The molecule has 0 aliphatic carbocycles. The van der Waals surface area contributed by atoms with E-state index in [1.165, 1.54) is 13.2 Å². The van der Waals surface area contributed by atoms with Crippen LogP contribution in [0.4, 0.5) is 4.39 Å². The summed E-state index contributed by atoms with van der Waals surface area (Å²) in [5.74, 6) is 0.125. The van der Waals surface area contributed by atoms with Gasteiger partial charge in [0.25, 0.3) is 0 Å².